The van der Waals surface area contributed by atoms with Crippen molar-refractivity contribution >= 4 is 12.2 Å². The van der Waals surface area contributed by atoms with Crippen LogP contribution in [0.4, 0.5) is 0 Å². The van der Waals surface area contributed by atoms with Gasteiger partial charge in [-0.05, 0) is 43.4 Å². The topological polar surface area (TPSA) is 28.7 Å². The number of hydrogen-bond donors (Lipinski definition) is 1. The number of aromatic nitrogens is 2. The molecule has 18 heavy (non-hydrogen) atoms. The number of aryl methyl sites for hydroxylation is 2. The first-order valence-electron chi connectivity index (χ1n) is 6.37. The van der Waals surface area contributed by atoms with Crippen LogP contribution in [0.1, 0.15) is 35.0 Å². The lowest BCUT2D eigenvalue weighted by Gasteiger charge is -2.24. The van der Waals surface area contributed by atoms with E-state index in [2.05, 4.69) is 34.2 Å². The normalized spacial score (nSPS) is 18.4. The lowest BCUT2D eigenvalue weighted by molar-refractivity contribution is 0.552. The molecule has 1 aromatic carbocycles. The minimum absolute atomic E-state index is 0.474. The van der Waals surface area contributed by atoms with Crippen LogP contribution in [0, 0.1) is 11.6 Å². The number of benzene rings is 1. The predicted octanol–water partition coefficient (Wildman–Crippen LogP) is 3.72. The van der Waals surface area contributed by atoms with Crippen LogP contribution in [-0.2, 0) is 12.8 Å². The summed E-state index contributed by atoms with van der Waals surface area (Å²) in [6, 6.07) is 10.6. The van der Waals surface area contributed by atoms with Gasteiger partial charge in [-0.15, -0.1) is 0 Å². The van der Waals surface area contributed by atoms with Crippen molar-refractivity contribution in [3.05, 3.63) is 57.6 Å². The molecule has 0 saturated carbocycles. The van der Waals surface area contributed by atoms with Gasteiger partial charge in [-0.2, -0.15) is 0 Å². The zero-order valence-electron chi connectivity index (χ0n) is 10.4. The van der Waals surface area contributed by atoms with E-state index in [9.17, 15) is 0 Å². The van der Waals surface area contributed by atoms with Gasteiger partial charge in [0.25, 0.3) is 0 Å². The first-order chi connectivity index (χ1) is 8.72. The zero-order chi connectivity index (χ0) is 12.5. The van der Waals surface area contributed by atoms with Crippen molar-refractivity contribution in [2.24, 2.45) is 0 Å². The van der Waals surface area contributed by atoms with Crippen molar-refractivity contribution < 1.29 is 0 Å². The fourth-order valence-corrected chi connectivity index (χ4v) is 3.00. The number of H-pyrrole nitrogens is 1. The van der Waals surface area contributed by atoms with Crippen LogP contribution in [0.25, 0.3) is 0 Å². The van der Waals surface area contributed by atoms with E-state index in [1.54, 1.807) is 0 Å². The second-order valence-electron chi connectivity index (χ2n) is 5.00. The van der Waals surface area contributed by atoms with Crippen LogP contribution in [0.15, 0.2) is 30.3 Å². The standard InChI is InChI=1S/C15H16N2S/c1-10-8-14(18)17-15(16-10)13-7-6-11-4-2-3-5-12(11)9-13/h2-5,8,13H,6-7,9H2,1H3,(H,16,17,18). The van der Waals surface area contributed by atoms with E-state index in [4.69, 9.17) is 12.2 Å². The molecule has 92 valence electrons. The Bertz CT molecular complexity index is 630. The molecule has 0 aliphatic heterocycles. The lowest BCUT2D eigenvalue weighted by atomic mass is 9.83. The molecule has 1 aliphatic carbocycles. The van der Waals surface area contributed by atoms with E-state index in [1.807, 2.05) is 13.0 Å². The second-order valence-corrected chi connectivity index (χ2v) is 5.41. The maximum absolute atomic E-state index is 5.20. The smallest absolute Gasteiger partial charge is 0.129 e. The van der Waals surface area contributed by atoms with Gasteiger partial charge in [0, 0.05) is 11.6 Å². The minimum atomic E-state index is 0.474. The number of hydrogen-bond acceptors (Lipinski definition) is 2. The number of rotatable bonds is 1. The maximum Gasteiger partial charge on any atom is 0.129 e. The first-order valence-corrected chi connectivity index (χ1v) is 6.78. The van der Waals surface area contributed by atoms with Gasteiger partial charge >= 0.3 is 0 Å². The van der Waals surface area contributed by atoms with E-state index in [0.717, 1.165) is 30.8 Å². The van der Waals surface area contributed by atoms with E-state index in [-0.39, 0.29) is 0 Å². The maximum atomic E-state index is 5.20. The second kappa shape index (κ2) is 4.65. The summed E-state index contributed by atoms with van der Waals surface area (Å²) in [6.45, 7) is 2.04. The molecule has 1 heterocycles. The van der Waals surface area contributed by atoms with Gasteiger partial charge in [0.15, 0.2) is 0 Å². The Morgan fingerprint density at radius 2 is 2.06 bits per heavy atom. The van der Waals surface area contributed by atoms with Crippen LogP contribution in [-0.4, -0.2) is 9.97 Å². The number of nitrogens with zero attached hydrogens (tertiary/aromatic N) is 1. The number of aromatic amines is 1. The molecule has 0 spiro atoms. The quantitative estimate of drug-likeness (QED) is 0.788. The van der Waals surface area contributed by atoms with Gasteiger partial charge in [0.1, 0.15) is 10.5 Å². The largest absolute Gasteiger partial charge is 0.347 e. The summed E-state index contributed by atoms with van der Waals surface area (Å²) in [5.41, 5.74) is 4.04. The molecule has 2 nitrogen and oxygen atoms in total. The van der Waals surface area contributed by atoms with Crippen LogP contribution >= 0.6 is 12.2 Å². The summed E-state index contributed by atoms with van der Waals surface area (Å²) >= 11 is 5.20. The van der Waals surface area contributed by atoms with Crippen LogP contribution in [0.5, 0.6) is 0 Å². The summed E-state index contributed by atoms with van der Waals surface area (Å²) in [5, 5.41) is 0. The summed E-state index contributed by atoms with van der Waals surface area (Å²) < 4.78 is 0.695. The highest BCUT2D eigenvalue weighted by molar-refractivity contribution is 7.71. The van der Waals surface area contributed by atoms with E-state index >= 15 is 0 Å². The first kappa shape index (κ1) is 11.6. The van der Waals surface area contributed by atoms with Crippen molar-refractivity contribution in [2.45, 2.75) is 32.1 Å². The molecule has 1 unspecified atom stereocenters. The molecule has 1 aliphatic rings. The van der Waals surface area contributed by atoms with E-state index in [0.29, 0.717) is 10.6 Å². The summed E-state index contributed by atoms with van der Waals surface area (Å²) in [6.07, 6.45) is 3.35. The molecule has 1 atom stereocenters. The summed E-state index contributed by atoms with van der Waals surface area (Å²) in [7, 11) is 0. The fourth-order valence-electron chi connectivity index (χ4n) is 2.73. The Labute approximate surface area is 112 Å². The third kappa shape index (κ3) is 2.23. The molecule has 0 bridgehead atoms. The molecule has 0 amide bonds. The molecular formula is C15H16N2S. The van der Waals surface area contributed by atoms with Crippen LogP contribution in [0.3, 0.4) is 0 Å². The Kier molecular flexibility index (Phi) is 3.00. The van der Waals surface area contributed by atoms with Gasteiger partial charge in [-0.1, -0.05) is 36.5 Å². The highest BCUT2D eigenvalue weighted by Crippen LogP contribution is 2.30. The van der Waals surface area contributed by atoms with Crippen molar-refractivity contribution in [3.8, 4) is 0 Å². The fraction of sp³-hybridized carbons (Fsp3) is 0.333. The van der Waals surface area contributed by atoms with Gasteiger partial charge in [0.2, 0.25) is 0 Å². The third-order valence-corrected chi connectivity index (χ3v) is 3.84. The molecule has 0 saturated heterocycles. The molecule has 0 radical (unpaired) electrons. The molecule has 0 fully saturated rings. The Balaban J connectivity index is 1.94. The van der Waals surface area contributed by atoms with Gasteiger partial charge in [-0.25, -0.2) is 4.98 Å². The zero-order valence-corrected chi connectivity index (χ0v) is 11.3. The third-order valence-electron chi connectivity index (χ3n) is 3.63. The Morgan fingerprint density at radius 1 is 1.28 bits per heavy atom. The Morgan fingerprint density at radius 3 is 2.83 bits per heavy atom. The van der Waals surface area contributed by atoms with E-state index < -0.39 is 0 Å². The van der Waals surface area contributed by atoms with Crippen molar-refractivity contribution in [3.63, 3.8) is 0 Å². The summed E-state index contributed by atoms with van der Waals surface area (Å²) in [4.78, 5) is 7.86. The average Bonchev–Trinajstić information content (AvgIpc) is 2.37. The predicted molar refractivity (Wildman–Crippen MR) is 75.4 cm³/mol. The number of nitrogens with one attached hydrogen (secondary N) is 1. The summed E-state index contributed by atoms with van der Waals surface area (Å²) in [5.74, 6) is 1.52. The van der Waals surface area contributed by atoms with Gasteiger partial charge in [-0.3, -0.25) is 0 Å². The highest BCUT2D eigenvalue weighted by Gasteiger charge is 2.21. The number of fused-ring (bicyclic) bond motifs is 1. The Hall–Kier alpha value is -1.48. The molecule has 2 aromatic rings. The molecular weight excluding hydrogens is 240 g/mol. The van der Waals surface area contributed by atoms with Crippen molar-refractivity contribution in [1.29, 1.82) is 0 Å². The average molecular weight is 256 g/mol. The minimum Gasteiger partial charge on any atom is -0.347 e. The molecule has 3 heteroatoms. The van der Waals surface area contributed by atoms with Gasteiger partial charge < -0.3 is 4.98 Å². The van der Waals surface area contributed by atoms with Crippen LogP contribution in [0.2, 0.25) is 0 Å². The SMILES string of the molecule is Cc1cc(=S)nc(C2CCc3ccccc3C2)[nH]1. The van der Waals surface area contributed by atoms with Crippen LogP contribution < -0.4 is 0 Å². The monoisotopic (exact) mass is 256 g/mol. The van der Waals surface area contributed by atoms with E-state index in [1.165, 1.54) is 11.1 Å². The lowest BCUT2D eigenvalue weighted by Crippen LogP contribution is -2.15. The molecule has 1 aromatic heterocycles. The molecule has 1 N–H and O–H groups in total. The highest BCUT2D eigenvalue weighted by atomic mass is 32.1. The van der Waals surface area contributed by atoms with Crippen molar-refractivity contribution in [2.75, 3.05) is 0 Å². The van der Waals surface area contributed by atoms with Gasteiger partial charge in [0.05, 0.1) is 0 Å². The molecule has 3 rings (SSSR count). The van der Waals surface area contributed by atoms with Crippen molar-refractivity contribution in [1.82, 2.24) is 9.97 Å².